The van der Waals surface area contributed by atoms with Gasteiger partial charge in [-0.05, 0) is 68.4 Å². The predicted molar refractivity (Wildman–Crippen MR) is 131 cm³/mol. The molecule has 0 unspecified atom stereocenters. The molecule has 2 heterocycles. The number of hydrogen-bond donors (Lipinski definition) is 1. The van der Waals surface area contributed by atoms with E-state index in [0.29, 0.717) is 45.5 Å². The first-order valence-electron chi connectivity index (χ1n) is 12.7. The number of fused-ring (bicyclic) bond motifs is 1. The van der Waals surface area contributed by atoms with Crippen molar-refractivity contribution in [3.63, 3.8) is 0 Å². The minimum Gasteiger partial charge on any atom is -0.493 e. The van der Waals surface area contributed by atoms with Gasteiger partial charge in [0.2, 0.25) is 5.91 Å². The topological polar surface area (TPSA) is 58.6 Å². The molecule has 2 aliphatic rings. The molecule has 8 heteroatoms. The van der Waals surface area contributed by atoms with Crippen LogP contribution >= 0.6 is 0 Å². The standard InChI is InChI=1S/C28H33F3N2O3/c29-28(30,31)23-11-6-10-22(20-23)25(34)33-17-14-27(15-18-33)13-5-1-2-8-21-9-3-4-12-24(21)36-19-7-16-32-26(27)35/h3-4,6,9-12,20H,1-2,5,7-8,13-19H2,(H,32,35). The molecule has 1 saturated heterocycles. The van der Waals surface area contributed by atoms with Crippen molar-refractivity contribution in [2.75, 3.05) is 26.2 Å². The van der Waals surface area contributed by atoms with Crippen molar-refractivity contribution in [1.82, 2.24) is 10.2 Å². The lowest BCUT2D eigenvalue weighted by Gasteiger charge is -2.41. The summed E-state index contributed by atoms with van der Waals surface area (Å²) >= 11 is 0. The van der Waals surface area contributed by atoms with Crippen LogP contribution in [-0.2, 0) is 17.4 Å². The molecule has 2 aromatic rings. The van der Waals surface area contributed by atoms with Crippen molar-refractivity contribution in [2.45, 2.75) is 57.5 Å². The van der Waals surface area contributed by atoms with E-state index < -0.39 is 23.1 Å². The van der Waals surface area contributed by atoms with Crippen LogP contribution in [0.3, 0.4) is 0 Å². The Morgan fingerprint density at radius 3 is 2.50 bits per heavy atom. The first-order chi connectivity index (χ1) is 17.3. The normalized spacial score (nSPS) is 19.5. The average Bonchev–Trinajstić information content (AvgIpc) is 2.88. The molecule has 2 aliphatic heterocycles. The fourth-order valence-corrected chi connectivity index (χ4v) is 5.19. The Balaban J connectivity index is 1.40. The van der Waals surface area contributed by atoms with Crippen LogP contribution in [0.4, 0.5) is 13.2 Å². The van der Waals surface area contributed by atoms with Crippen molar-refractivity contribution >= 4 is 11.8 Å². The average molecular weight is 503 g/mol. The Bertz CT molecular complexity index is 1060. The Morgan fingerprint density at radius 1 is 0.944 bits per heavy atom. The largest absolute Gasteiger partial charge is 0.493 e. The zero-order valence-corrected chi connectivity index (χ0v) is 20.4. The number of benzene rings is 2. The molecule has 0 atom stereocenters. The lowest BCUT2D eigenvalue weighted by Crippen LogP contribution is -2.50. The molecule has 0 aromatic heterocycles. The highest BCUT2D eigenvalue weighted by atomic mass is 19.4. The minimum absolute atomic E-state index is 0.00567. The minimum atomic E-state index is -4.50. The van der Waals surface area contributed by atoms with Crippen molar-refractivity contribution in [2.24, 2.45) is 5.41 Å². The van der Waals surface area contributed by atoms with Gasteiger partial charge in [-0.2, -0.15) is 13.2 Å². The van der Waals surface area contributed by atoms with Gasteiger partial charge in [0.1, 0.15) is 5.75 Å². The van der Waals surface area contributed by atoms with E-state index in [1.165, 1.54) is 17.7 Å². The number of hydrogen-bond acceptors (Lipinski definition) is 3. The molecule has 1 fully saturated rings. The highest BCUT2D eigenvalue weighted by molar-refractivity contribution is 5.94. The smallest absolute Gasteiger partial charge is 0.416 e. The zero-order chi connectivity index (χ0) is 25.6. The second-order valence-electron chi connectivity index (χ2n) is 9.78. The molecule has 2 amide bonds. The third-order valence-electron chi connectivity index (χ3n) is 7.36. The Morgan fingerprint density at radius 2 is 1.72 bits per heavy atom. The first kappa shape index (κ1) is 26.0. The number of halogens is 3. The van der Waals surface area contributed by atoms with Crippen LogP contribution in [0.5, 0.6) is 5.75 Å². The quantitative estimate of drug-likeness (QED) is 0.550. The Labute approximate surface area is 210 Å². The number of nitrogens with one attached hydrogen (secondary N) is 1. The summed E-state index contributed by atoms with van der Waals surface area (Å²) in [6, 6.07) is 12.6. The number of ether oxygens (including phenoxy) is 1. The van der Waals surface area contributed by atoms with Gasteiger partial charge in [0.25, 0.3) is 5.91 Å². The SMILES string of the molecule is O=C(c1cccc(C(F)(F)F)c1)N1CCC2(CCCCCc3ccccc3OCCCNC2=O)CC1. The third-order valence-corrected chi connectivity index (χ3v) is 7.36. The van der Waals surface area contributed by atoms with Gasteiger partial charge < -0.3 is 15.0 Å². The van der Waals surface area contributed by atoms with Crippen molar-refractivity contribution in [3.8, 4) is 5.75 Å². The fraction of sp³-hybridized carbons (Fsp3) is 0.500. The molecule has 1 N–H and O–H groups in total. The fourth-order valence-electron chi connectivity index (χ4n) is 5.19. The first-order valence-corrected chi connectivity index (χ1v) is 12.7. The number of alkyl halides is 3. The molecule has 2 aromatic carbocycles. The molecular weight excluding hydrogens is 469 g/mol. The maximum atomic E-state index is 13.3. The second kappa shape index (κ2) is 11.4. The van der Waals surface area contributed by atoms with E-state index in [0.717, 1.165) is 50.0 Å². The van der Waals surface area contributed by atoms with Crippen LogP contribution in [0.2, 0.25) is 0 Å². The molecular formula is C28H33F3N2O3. The third kappa shape index (κ3) is 6.20. The summed E-state index contributed by atoms with van der Waals surface area (Å²) in [6.45, 7) is 1.72. The van der Waals surface area contributed by atoms with Crippen LogP contribution in [0.25, 0.3) is 0 Å². The van der Waals surface area contributed by atoms with E-state index in [1.807, 2.05) is 18.2 Å². The van der Waals surface area contributed by atoms with Crippen molar-refractivity contribution in [3.05, 3.63) is 65.2 Å². The van der Waals surface area contributed by atoms with Gasteiger partial charge in [0.15, 0.2) is 0 Å². The number of para-hydroxylation sites is 1. The molecule has 0 bridgehead atoms. The van der Waals surface area contributed by atoms with E-state index in [9.17, 15) is 22.8 Å². The molecule has 194 valence electrons. The van der Waals surface area contributed by atoms with Gasteiger partial charge in [-0.15, -0.1) is 0 Å². The number of amides is 2. The molecule has 1 spiro atoms. The second-order valence-corrected chi connectivity index (χ2v) is 9.78. The van der Waals surface area contributed by atoms with Crippen LogP contribution in [0.15, 0.2) is 48.5 Å². The van der Waals surface area contributed by atoms with E-state index >= 15 is 0 Å². The predicted octanol–water partition coefficient (Wildman–Crippen LogP) is 5.63. The monoisotopic (exact) mass is 502 g/mol. The summed E-state index contributed by atoms with van der Waals surface area (Å²) in [5.41, 5.74) is -0.168. The number of nitrogens with zero attached hydrogens (tertiary/aromatic N) is 1. The summed E-state index contributed by atoms with van der Waals surface area (Å²) in [7, 11) is 0. The van der Waals surface area contributed by atoms with Crippen LogP contribution < -0.4 is 10.1 Å². The lowest BCUT2D eigenvalue weighted by atomic mass is 9.73. The van der Waals surface area contributed by atoms with Gasteiger partial charge in [0, 0.05) is 25.2 Å². The van der Waals surface area contributed by atoms with E-state index in [4.69, 9.17) is 4.74 Å². The van der Waals surface area contributed by atoms with Crippen molar-refractivity contribution < 1.29 is 27.5 Å². The zero-order valence-electron chi connectivity index (χ0n) is 20.4. The summed E-state index contributed by atoms with van der Waals surface area (Å²) in [6.07, 6.45) is 1.74. The number of carbonyl (C=O) groups excluding carboxylic acids is 2. The van der Waals surface area contributed by atoms with E-state index in [2.05, 4.69) is 11.4 Å². The molecule has 5 nitrogen and oxygen atoms in total. The number of carbonyl (C=O) groups is 2. The maximum Gasteiger partial charge on any atom is 0.416 e. The molecule has 0 saturated carbocycles. The molecule has 4 rings (SSSR count). The number of aryl methyl sites for hydroxylation is 1. The summed E-state index contributed by atoms with van der Waals surface area (Å²) in [5, 5.41) is 3.07. The van der Waals surface area contributed by atoms with Gasteiger partial charge in [-0.3, -0.25) is 9.59 Å². The van der Waals surface area contributed by atoms with Crippen LogP contribution in [-0.4, -0.2) is 43.0 Å². The number of likely N-dealkylation sites (tertiary alicyclic amines) is 1. The number of piperidine rings is 1. The van der Waals surface area contributed by atoms with Crippen LogP contribution in [0.1, 0.15) is 66.4 Å². The highest BCUT2D eigenvalue weighted by Crippen LogP contribution is 2.38. The molecule has 36 heavy (non-hydrogen) atoms. The van der Waals surface area contributed by atoms with Gasteiger partial charge in [-0.1, -0.05) is 37.1 Å². The summed E-state index contributed by atoms with van der Waals surface area (Å²) in [5.74, 6) is 0.495. The van der Waals surface area contributed by atoms with E-state index in [-0.39, 0.29) is 11.5 Å². The Kier molecular flexibility index (Phi) is 8.21. The van der Waals surface area contributed by atoms with Gasteiger partial charge >= 0.3 is 6.18 Å². The summed E-state index contributed by atoms with van der Waals surface area (Å²) < 4.78 is 45.2. The molecule has 0 aliphatic carbocycles. The Hall–Kier alpha value is -3.03. The number of rotatable bonds is 1. The van der Waals surface area contributed by atoms with Gasteiger partial charge in [0.05, 0.1) is 17.6 Å². The van der Waals surface area contributed by atoms with E-state index in [1.54, 1.807) is 4.90 Å². The summed E-state index contributed by atoms with van der Waals surface area (Å²) in [4.78, 5) is 27.8. The highest BCUT2D eigenvalue weighted by Gasteiger charge is 2.42. The maximum absolute atomic E-state index is 13.3. The van der Waals surface area contributed by atoms with Gasteiger partial charge in [-0.25, -0.2) is 0 Å². The molecule has 0 radical (unpaired) electrons. The van der Waals surface area contributed by atoms with Crippen LogP contribution in [0, 0.1) is 5.41 Å². The van der Waals surface area contributed by atoms with Crippen molar-refractivity contribution in [1.29, 1.82) is 0 Å². The lowest BCUT2D eigenvalue weighted by molar-refractivity contribution is -0.137.